The fraction of sp³-hybridized carbons (Fsp3) is 0.538. The van der Waals surface area contributed by atoms with Gasteiger partial charge in [-0.15, -0.1) is 0 Å². The summed E-state index contributed by atoms with van der Waals surface area (Å²) >= 11 is 3.45. The molecule has 0 radical (unpaired) electrons. The van der Waals surface area contributed by atoms with Crippen LogP contribution in [0.1, 0.15) is 25.5 Å². The molecule has 1 fully saturated rings. The van der Waals surface area contributed by atoms with Crippen LogP contribution < -0.4 is 5.32 Å². The van der Waals surface area contributed by atoms with Gasteiger partial charge in [-0.1, -0.05) is 35.0 Å². The van der Waals surface area contributed by atoms with Crippen LogP contribution in [-0.4, -0.2) is 19.8 Å². The minimum absolute atomic E-state index is 0.337. The Hall–Kier alpha value is -0.380. The molecule has 2 nitrogen and oxygen atoms in total. The van der Waals surface area contributed by atoms with Crippen LogP contribution in [0, 0.1) is 5.41 Å². The summed E-state index contributed by atoms with van der Waals surface area (Å²) in [5.74, 6) is 0. The van der Waals surface area contributed by atoms with Crippen molar-refractivity contribution in [2.24, 2.45) is 5.41 Å². The summed E-state index contributed by atoms with van der Waals surface area (Å²) in [6, 6.07) is 8.87. The topological polar surface area (TPSA) is 21.3 Å². The lowest BCUT2D eigenvalue weighted by Crippen LogP contribution is -2.47. The van der Waals surface area contributed by atoms with Crippen molar-refractivity contribution in [1.82, 2.24) is 5.32 Å². The third-order valence-corrected chi connectivity index (χ3v) is 3.63. The van der Waals surface area contributed by atoms with Crippen LogP contribution in [0.2, 0.25) is 0 Å². The lowest BCUT2D eigenvalue weighted by Gasteiger charge is -2.39. The Bertz CT molecular complexity index is 345. The molecule has 1 aliphatic heterocycles. The Morgan fingerprint density at radius 2 is 2.00 bits per heavy atom. The summed E-state index contributed by atoms with van der Waals surface area (Å²) in [5.41, 5.74) is 1.66. The van der Waals surface area contributed by atoms with E-state index in [0.717, 1.165) is 24.2 Å². The molecule has 1 heterocycles. The molecule has 1 atom stereocenters. The average Bonchev–Trinajstić information content (AvgIpc) is 2.24. The number of nitrogens with one attached hydrogen (secondary N) is 1. The maximum atomic E-state index is 5.25. The molecule has 1 aromatic carbocycles. The van der Waals surface area contributed by atoms with Gasteiger partial charge in [-0.25, -0.2) is 0 Å². The molecule has 88 valence electrons. The molecule has 0 bridgehead atoms. The van der Waals surface area contributed by atoms with Crippen molar-refractivity contribution in [3.63, 3.8) is 0 Å². The van der Waals surface area contributed by atoms with E-state index in [2.05, 4.69) is 59.4 Å². The van der Waals surface area contributed by atoms with E-state index in [1.54, 1.807) is 0 Å². The molecule has 1 saturated heterocycles. The van der Waals surface area contributed by atoms with Crippen molar-refractivity contribution in [1.29, 1.82) is 0 Å². The Balaban J connectivity index is 1.87. The molecule has 1 aromatic rings. The Morgan fingerprint density at radius 3 is 2.50 bits per heavy atom. The third-order valence-electron chi connectivity index (χ3n) is 3.11. The van der Waals surface area contributed by atoms with E-state index >= 15 is 0 Å². The van der Waals surface area contributed by atoms with Crippen molar-refractivity contribution in [2.45, 2.75) is 19.9 Å². The summed E-state index contributed by atoms with van der Waals surface area (Å²) in [7, 11) is 0. The van der Waals surface area contributed by atoms with Crippen molar-refractivity contribution in [3.8, 4) is 0 Å². The van der Waals surface area contributed by atoms with E-state index in [-0.39, 0.29) is 0 Å². The normalized spacial score (nSPS) is 20.2. The van der Waals surface area contributed by atoms with Gasteiger partial charge in [0.15, 0.2) is 0 Å². The van der Waals surface area contributed by atoms with Crippen LogP contribution in [0.4, 0.5) is 0 Å². The highest BCUT2D eigenvalue weighted by molar-refractivity contribution is 9.10. The number of ether oxygens (including phenoxy) is 1. The molecule has 1 aliphatic rings. The van der Waals surface area contributed by atoms with E-state index in [0.29, 0.717) is 11.5 Å². The maximum Gasteiger partial charge on any atom is 0.0554 e. The number of hydrogen-bond acceptors (Lipinski definition) is 2. The second-order valence-electron chi connectivity index (χ2n) is 4.96. The molecule has 0 unspecified atom stereocenters. The number of hydrogen-bond donors (Lipinski definition) is 1. The number of halogens is 1. The first-order valence-electron chi connectivity index (χ1n) is 5.66. The first-order valence-corrected chi connectivity index (χ1v) is 6.45. The highest BCUT2D eigenvalue weighted by Crippen LogP contribution is 2.26. The van der Waals surface area contributed by atoms with E-state index < -0.39 is 0 Å². The third kappa shape index (κ3) is 2.84. The molecule has 1 N–H and O–H groups in total. The van der Waals surface area contributed by atoms with Gasteiger partial charge >= 0.3 is 0 Å². The van der Waals surface area contributed by atoms with Crippen LogP contribution >= 0.6 is 15.9 Å². The summed E-state index contributed by atoms with van der Waals surface area (Å²) in [6.45, 7) is 7.24. The molecule has 0 saturated carbocycles. The quantitative estimate of drug-likeness (QED) is 0.917. The van der Waals surface area contributed by atoms with Crippen LogP contribution in [0.5, 0.6) is 0 Å². The van der Waals surface area contributed by atoms with Gasteiger partial charge in [0.1, 0.15) is 0 Å². The van der Waals surface area contributed by atoms with Crippen molar-refractivity contribution >= 4 is 15.9 Å². The van der Waals surface area contributed by atoms with Crippen LogP contribution in [0.3, 0.4) is 0 Å². The Kier molecular flexibility index (Phi) is 3.67. The Morgan fingerprint density at radius 1 is 1.38 bits per heavy atom. The molecular weight excluding hydrogens is 266 g/mol. The Labute approximate surface area is 106 Å². The van der Waals surface area contributed by atoms with E-state index in [1.165, 1.54) is 5.56 Å². The zero-order valence-corrected chi connectivity index (χ0v) is 11.4. The smallest absolute Gasteiger partial charge is 0.0554 e. The highest BCUT2D eigenvalue weighted by atomic mass is 79.9. The summed E-state index contributed by atoms with van der Waals surface area (Å²) in [5, 5.41) is 3.57. The predicted molar refractivity (Wildman–Crippen MR) is 69.5 cm³/mol. The lowest BCUT2D eigenvalue weighted by atomic mass is 9.88. The number of benzene rings is 1. The number of rotatable bonds is 4. The monoisotopic (exact) mass is 283 g/mol. The van der Waals surface area contributed by atoms with Gasteiger partial charge in [0.25, 0.3) is 0 Å². The predicted octanol–water partition coefficient (Wildman–Crippen LogP) is 3.14. The van der Waals surface area contributed by atoms with Crippen molar-refractivity contribution in [3.05, 3.63) is 34.3 Å². The van der Waals surface area contributed by atoms with E-state index in [1.807, 2.05) is 0 Å². The fourth-order valence-electron chi connectivity index (χ4n) is 1.82. The zero-order chi connectivity index (χ0) is 11.6. The molecule has 2 rings (SSSR count). The standard InChI is InChI=1S/C13H18BrNO/c1-10(11-3-5-12(14)6-4-11)15-7-13(2)8-16-9-13/h3-6,10,15H,7-9H2,1-2H3/t10-/m0/s1. The molecule has 0 aromatic heterocycles. The van der Waals surface area contributed by atoms with Gasteiger partial charge < -0.3 is 10.1 Å². The average molecular weight is 284 g/mol. The van der Waals surface area contributed by atoms with Crippen LogP contribution in [0.25, 0.3) is 0 Å². The molecule has 0 amide bonds. The summed E-state index contributed by atoms with van der Waals surface area (Å²) in [6.07, 6.45) is 0. The minimum atomic E-state index is 0.337. The van der Waals surface area contributed by atoms with Crippen molar-refractivity contribution < 1.29 is 4.74 Å². The largest absolute Gasteiger partial charge is 0.380 e. The SMILES string of the molecule is C[C@H](NCC1(C)COC1)c1ccc(Br)cc1. The summed E-state index contributed by atoms with van der Waals surface area (Å²) < 4.78 is 6.37. The van der Waals surface area contributed by atoms with Gasteiger partial charge in [-0.05, 0) is 24.6 Å². The fourth-order valence-corrected chi connectivity index (χ4v) is 2.09. The highest BCUT2D eigenvalue weighted by Gasteiger charge is 2.33. The summed E-state index contributed by atoms with van der Waals surface area (Å²) in [4.78, 5) is 0. The van der Waals surface area contributed by atoms with Gasteiger partial charge in [0, 0.05) is 22.5 Å². The second kappa shape index (κ2) is 4.86. The molecule has 0 spiro atoms. The first kappa shape index (κ1) is 12.1. The van der Waals surface area contributed by atoms with Gasteiger partial charge in [-0.3, -0.25) is 0 Å². The molecular formula is C13H18BrNO. The molecule has 0 aliphatic carbocycles. The second-order valence-corrected chi connectivity index (χ2v) is 5.87. The van der Waals surface area contributed by atoms with Crippen LogP contribution in [0.15, 0.2) is 28.7 Å². The minimum Gasteiger partial charge on any atom is -0.380 e. The van der Waals surface area contributed by atoms with E-state index in [9.17, 15) is 0 Å². The van der Waals surface area contributed by atoms with Gasteiger partial charge in [-0.2, -0.15) is 0 Å². The lowest BCUT2D eigenvalue weighted by molar-refractivity contribution is -0.0999. The van der Waals surface area contributed by atoms with Gasteiger partial charge in [0.05, 0.1) is 13.2 Å². The van der Waals surface area contributed by atoms with E-state index in [4.69, 9.17) is 4.74 Å². The zero-order valence-electron chi connectivity index (χ0n) is 9.79. The van der Waals surface area contributed by atoms with Crippen molar-refractivity contribution in [2.75, 3.05) is 19.8 Å². The first-order chi connectivity index (χ1) is 7.59. The molecule has 16 heavy (non-hydrogen) atoms. The van der Waals surface area contributed by atoms with Gasteiger partial charge in [0.2, 0.25) is 0 Å². The molecule has 3 heteroatoms. The maximum absolute atomic E-state index is 5.25. The van der Waals surface area contributed by atoms with Crippen LogP contribution in [-0.2, 0) is 4.74 Å².